The minimum Gasteiger partial charge on any atom is -0.315 e. The molecule has 0 aromatic heterocycles. The molecule has 0 bridgehead atoms. The van der Waals surface area contributed by atoms with Gasteiger partial charge in [-0.05, 0) is 44.2 Å². The summed E-state index contributed by atoms with van der Waals surface area (Å²) in [6.07, 6.45) is 4.45. The molecule has 2 saturated heterocycles. The smallest absolute Gasteiger partial charge is 0.0261 e. The first-order valence-electron chi connectivity index (χ1n) is 5.38. The maximum Gasteiger partial charge on any atom is 0.0261 e. The summed E-state index contributed by atoms with van der Waals surface area (Å²) >= 11 is 0. The van der Waals surface area contributed by atoms with E-state index in [-0.39, 0.29) is 0 Å². The quantitative estimate of drug-likeness (QED) is 0.649. The van der Waals surface area contributed by atoms with E-state index in [2.05, 4.69) is 10.2 Å². The van der Waals surface area contributed by atoms with Gasteiger partial charge in [0.15, 0.2) is 0 Å². The molecule has 68 valence electrons. The Balaban J connectivity index is 1.62. The molecule has 1 aliphatic carbocycles. The third-order valence-electron chi connectivity index (χ3n) is 3.75. The van der Waals surface area contributed by atoms with Crippen LogP contribution in [0.1, 0.15) is 19.3 Å². The molecule has 1 N–H and O–H groups in total. The predicted molar refractivity (Wildman–Crippen MR) is 49.1 cm³/mol. The summed E-state index contributed by atoms with van der Waals surface area (Å²) in [6, 6.07) is 0.908. The van der Waals surface area contributed by atoms with Crippen molar-refractivity contribution in [3.05, 3.63) is 0 Å². The highest BCUT2D eigenvalue weighted by Crippen LogP contribution is 2.34. The first-order valence-corrected chi connectivity index (χ1v) is 5.38. The van der Waals surface area contributed by atoms with Crippen LogP contribution in [0.25, 0.3) is 0 Å². The zero-order valence-electron chi connectivity index (χ0n) is 7.63. The van der Waals surface area contributed by atoms with Gasteiger partial charge in [0.05, 0.1) is 0 Å². The molecule has 0 amide bonds. The van der Waals surface area contributed by atoms with Crippen molar-refractivity contribution in [3.8, 4) is 0 Å². The van der Waals surface area contributed by atoms with Gasteiger partial charge in [-0.25, -0.2) is 0 Å². The topological polar surface area (TPSA) is 15.3 Å². The lowest BCUT2D eigenvalue weighted by Crippen LogP contribution is -2.35. The van der Waals surface area contributed by atoms with Gasteiger partial charge in [-0.3, -0.25) is 4.90 Å². The summed E-state index contributed by atoms with van der Waals surface area (Å²) in [5.74, 6) is 2.06. The molecule has 12 heavy (non-hydrogen) atoms. The van der Waals surface area contributed by atoms with E-state index in [4.69, 9.17) is 0 Å². The van der Waals surface area contributed by atoms with Crippen molar-refractivity contribution in [2.75, 3.05) is 26.2 Å². The van der Waals surface area contributed by atoms with Gasteiger partial charge in [0.2, 0.25) is 0 Å². The molecule has 2 nitrogen and oxygen atoms in total. The highest BCUT2D eigenvalue weighted by Gasteiger charge is 2.39. The van der Waals surface area contributed by atoms with Crippen LogP contribution < -0.4 is 5.32 Å². The van der Waals surface area contributed by atoms with Crippen molar-refractivity contribution >= 4 is 0 Å². The summed E-state index contributed by atoms with van der Waals surface area (Å²) in [5, 5.41) is 3.51. The third-order valence-corrected chi connectivity index (χ3v) is 3.75. The van der Waals surface area contributed by atoms with Crippen LogP contribution in [0.3, 0.4) is 0 Å². The predicted octanol–water partition coefficient (Wildman–Crippen LogP) is 0.690. The molecule has 2 atom stereocenters. The normalized spacial score (nSPS) is 42.0. The molecule has 0 unspecified atom stereocenters. The summed E-state index contributed by atoms with van der Waals surface area (Å²) in [7, 11) is 0. The Bertz CT molecular complexity index is 177. The first-order chi connectivity index (χ1) is 5.93. The molecule has 0 aromatic carbocycles. The Morgan fingerprint density at radius 3 is 2.92 bits per heavy atom. The van der Waals surface area contributed by atoms with E-state index >= 15 is 0 Å². The molecule has 2 heterocycles. The van der Waals surface area contributed by atoms with Gasteiger partial charge in [0.1, 0.15) is 0 Å². The van der Waals surface area contributed by atoms with Crippen LogP contribution in [0.4, 0.5) is 0 Å². The van der Waals surface area contributed by atoms with E-state index in [0.717, 1.165) is 17.9 Å². The second-order valence-electron chi connectivity index (χ2n) is 4.71. The van der Waals surface area contributed by atoms with Gasteiger partial charge in [-0.1, -0.05) is 0 Å². The van der Waals surface area contributed by atoms with Crippen LogP contribution in [-0.2, 0) is 0 Å². The zero-order valence-corrected chi connectivity index (χ0v) is 7.63. The minimum atomic E-state index is 0.908. The molecule has 0 spiro atoms. The SMILES string of the molecule is C1CC1CN1CC[C@H]2CNC[C@H]21. The fraction of sp³-hybridized carbons (Fsp3) is 1.00. The molecular weight excluding hydrogens is 148 g/mol. The van der Waals surface area contributed by atoms with Crippen LogP contribution in [0, 0.1) is 11.8 Å². The van der Waals surface area contributed by atoms with Crippen molar-refractivity contribution in [2.24, 2.45) is 11.8 Å². The average Bonchev–Trinajstić information content (AvgIpc) is 2.63. The van der Waals surface area contributed by atoms with Crippen molar-refractivity contribution in [3.63, 3.8) is 0 Å². The maximum atomic E-state index is 3.51. The molecule has 2 heteroatoms. The second-order valence-corrected chi connectivity index (χ2v) is 4.71. The van der Waals surface area contributed by atoms with Crippen LogP contribution in [0.5, 0.6) is 0 Å². The highest BCUT2D eigenvalue weighted by molar-refractivity contribution is 4.95. The van der Waals surface area contributed by atoms with E-state index in [1.807, 2.05) is 0 Å². The van der Waals surface area contributed by atoms with Crippen molar-refractivity contribution in [2.45, 2.75) is 25.3 Å². The van der Waals surface area contributed by atoms with Crippen LogP contribution in [-0.4, -0.2) is 37.1 Å². The fourth-order valence-electron chi connectivity index (χ4n) is 2.80. The van der Waals surface area contributed by atoms with Gasteiger partial charge >= 0.3 is 0 Å². The fourth-order valence-corrected chi connectivity index (χ4v) is 2.80. The Labute approximate surface area is 74.3 Å². The molecule has 3 aliphatic rings. The number of nitrogens with one attached hydrogen (secondary N) is 1. The van der Waals surface area contributed by atoms with E-state index in [1.165, 1.54) is 45.4 Å². The van der Waals surface area contributed by atoms with Crippen LogP contribution >= 0.6 is 0 Å². The largest absolute Gasteiger partial charge is 0.315 e. The van der Waals surface area contributed by atoms with Gasteiger partial charge < -0.3 is 5.32 Å². The molecule has 2 aliphatic heterocycles. The van der Waals surface area contributed by atoms with Gasteiger partial charge in [0, 0.05) is 19.1 Å². The number of hydrogen-bond donors (Lipinski definition) is 1. The molecule has 3 rings (SSSR count). The molecule has 3 fully saturated rings. The summed E-state index contributed by atoms with van der Waals surface area (Å²) in [6.45, 7) is 5.33. The Hall–Kier alpha value is -0.0800. The maximum absolute atomic E-state index is 3.51. The number of fused-ring (bicyclic) bond motifs is 1. The molecule has 1 saturated carbocycles. The monoisotopic (exact) mass is 166 g/mol. The standard InChI is InChI=1S/C10H18N2/c1-2-8(1)7-12-4-3-9-5-11-6-10(9)12/h8-11H,1-7H2/t9-,10+/m0/s1. The van der Waals surface area contributed by atoms with Crippen molar-refractivity contribution in [1.82, 2.24) is 10.2 Å². The Kier molecular flexibility index (Phi) is 1.66. The first kappa shape index (κ1) is 7.34. The lowest BCUT2D eigenvalue weighted by atomic mass is 10.1. The van der Waals surface area contributed by atoms with Gasteiger partial charge in [-0.15, -0.1) is 0 Å². The van der Waals surface area contributed by atoms with Gasteiger partial charge in [-0.2, -0.15) is 0 Å². The number of hydrogen-bond acceptors (Lipinski definition) is 2. The number of nitrogens with zero attached hydrogens (tertiary/aromatic N) is 1. The average molecular weight is 166 g/mol. The molecule has 0 radical (unpaired) electrons. The van der Waals surface area contributed by atoms with Gasteiger partial charge in [0.25, 0.3) is 0 Å². The summed E-state index contributed by atoms with van der Waals surface area (Å²) in [5.41, 5.74) is 0. The minimum absolute atomic E-state index is 0.908. The van der Waals surface area contributed by atoms with E-state index < -0.39 is 0 Å². The molecular formula is C10H18N2. The lowest BCUT2D eigenvalue weighted by molar-refractivity contribution is 0.242. The highest BCUT2D eigenvalue weighted by atomic mass is 15.2. The lowest BCUT2D eigenvalue weighted by Gasteiger charge is -2.22. The Morgan fingerprint density at radius 2 is 2.08 bits per heavy atom. The number of likely N-dealkylation sites (tertiary alicyclic amines) is 1. The van der Waals surface area contributed by atoms with Crippen molar-refractivity contribution in [1.29, 1.82) is 0 Å². The van der Waals surface area contributed by atoms with Crippen LogP contribution in [0.15, 0.2) is 0 Å². The zero-order chi connectivity index (χ0) is 7.97. The van der Waals surface area contributed by atoms with E-state index in [1.54, 1.807) is 0 Å². The summed E-state index contributed by atoms with van der Waals surface area (Å²) in [4.78, 5) is 2.74. The van der Waals surface area contributed by atoms with E-state index in [9.17, 15) is 0 Å². The molecule has 0 aromatic rings. The third kappa shape index (κ3) is 1.17. The summed E-state index contributed by atoms with van der Waals surface area (Å²) < 4.78 is 0. The second kappa shape index (κ2) is 2.71. The van der Waals surface area contributed by atoms with Crippen LogP contribution in [0.2, 0.25) is 0 Å². The number of rotatable bonds is 2. The van der Waals surface area contributed by atoms with Crippen molar-refractivity contribution < 1.29 is 0 Å². The Morgan fingerprint density at radius 1 is 1.17 bits per heavy atom. The van der Waals surface area contributed by atoms with E-state index in [0.29, 0.717) is 0 Å².